The first-order valence-corrected chi connectivity index (χ1v) is 7.95. The summed E-state index contributed by atoms with van der Waals surface area (Å²) in [6.45, 7) is 5.04. The molecule has 0 aromatic heterocycles. The SMILES string of the molecule is CCN(C(=O)CN1CCC[C@@H]1C(=O)O)[C@H](C)c1ccc(F)cc1. The zero-order valence-corrected chi connectivity index (χ0v) is 13.5. The van der Waals surface area contributed by atoms with E-state index in [9.17, 15) is 19.1 Å². The normalized spacial score (nSPS) is 19.5. The Hall–Kier alpha value is -1.95. The fourth-order valence-corrected chi connectivity index (χ4v) is 3.15. The summed E-state index contributed by atoms with van der Waals surface area (Å²) in [5.74, 6) is -1.28. The van der Waals surface area contributed by atoms with Crippen molar-refractivity contribution < 1.29 is 19.1 Å². The van der Waals surface area contributed by atoms with Crippen molar-refractivity contribution in [2.45, 2.75) is 38.8 Å². The number of likely N-dealkylation sites (N-methyl/N-ethyl adjacent to an activating group) is 1. The van der Waals surface area contributed by atoms with Gasteiger partial charge >= 0.3 is 5.97 Å². The average molecular weight is 322 g/mol. The first-order valence-electron chi connectivity index (χ1n) is 7.95. The zero-order valence-electron chi connectivity index (χ0n) is 13.5. The van der Waals surface area contributed by atoms with E-state index in [1.165, 1.54) is 12.1 Å². The molecule has 1 saturated heterocycles. The minimum atomic E-state index is -0.870. The number of rotatable bonds is 6. The summed E-state index contributed by atoms with van der Waals surface area (Å²) < 4.78 is 13.0. The minimum absolute atomic E-state index is 0.0996. The van der Waals surface area contributed by atoms with E-state index in [4.69, 9.17) is 0 Å². The van der Waals surface area contributed by atoms with Gasteiger partial charge in [-0.2, -0.15) is 0 Å². The Morgan fingerprint density at radius 1 is 1.39 bits per heavy atom. The van der Waals surface area contributed by atoms with Gasteiger partial charge in [0, 0.05) is 6.54 Å². The van der Waals surface area contributed by atoms with E-state index in [0.29, 0.717) is 19.5 Å². The smallest absolute Gasteiger partial charge is 0.320 e. The van der Waals surface area contributed by atoms with Crippen molar-refractivity contribution in [2.75, 3.05) is 19.6 Å². The van der Waals surface area contributed by atoms with E-state index in [1.807, 2.05) is 13.8 Å². The van der Waals surface area contributed by atoms with Crippen LogP contribution >= 0.6 is 0 Å². The number of hydrogen-bond donors (Lipinski definition) is 1. The molecule has 0 saturated carbocycles. The molecular weight excluding hydrogens is 299 g/mol. The molecule has 23 heavy (non-hydrogen) atoms. The average Bonchev–Trinajstić information content (AvgIpc) is 2.96. The Kier molecular flexibility index (Phi) is 5.71. The van der Waals surface area contributed by atoms with Gasteiger partial charge < -0.3 is 10.0 Å². The Morgan fingerprint density at radius 3 is 2.61 bits per heavy atom. The van der Waals surface area contributed by atoms with Crippen LogP contribution in [0.4, 0.5) is 4.39 Å². The summed E-state index contributed by atoms with van der Waals surface area (Å²) in [5.41, 5.74) is 0.859. The number of carboxylic acid groups (broad SMARTS) is 1. The monoisotopic (exact) mass is 322 g/mol. The van der Waals surface area contributed by atoms with Crippen molar-refractivity contribution in [2.24, 2.45) is 0 Å². The predicted molar refractivity (Wildman–Crippen MR) is 84.4 cm³/mol. The second-order valence-corrected chi connectivity index (χ2v) is 5.87. The highest BCUT2D eigenvalue weighted by molar-refractivity contribution is 5.80. The maximum absolute atomic E-state index is 13.0. The van der Waals surface area contributed by atoms with Crippen LogP contribution in [0.3, 0.4) is 0 Å². The molecular formula is C17H23FN2O3. The fraction of sp³-hybridized carbons (Fsp3) is 0.529. The molecule has 0 radical (unpaired) electrons. The lowest BCUT2D eigenvalue weighted by Crippen LogP contribution is -2.45. The molecule has 2 rings (SSSR count). The first kappa shape index (κ1) is 17.4. The van der Waals surface area contributed by atoms with Crippen LogP contribution in [0.5, 0.6) is 0 Å². The Bertz CT molecular complexity index is 561. The van der Waals surface area contributed by atoms with Gasteiger partial charge in [0.2, 0.25) is 5.91 Å². The van der Waals surface area contributed by atoms with Gasteiger partial charge in [0.25, 0.3) is 0 Å². The molecule has 1 fully saturated rings. The van der Waals surface area contributed by atoms with Gasteiger partial charge in [-0.05, 0) is 50.9 Å². The number of nitrogens with zero attached hydrogens (tertiary/aromatic N) is 2. The Morgan fingerprint density at radius 2 is 2.04 bits per heavy atom. The molecule has 2 atom stereocenters. The molecule has 1 N–H and O–H groups in total. The number of aliphatic carboxylic acids is 1. The number of benzene rings is 1. The lowest BCUT2D eigenvalue weighted by atomic mass is 10.1. The summed E-state index contributed by atoms with van der Waals surface area (Å²) in [7, 11) is 0. The largest absolute Gasteiger partial charge is 0.480 e. The molecule has 1 aromatic carbocycles. The highest BCUT2D eigenvalue weighted by Crippen LogP contribution is 2.22. The van der Waals surface area contributed by atoms with Crippen molar-refractivity contribution in [3.63, 3.8) is 0 Å². The maximum atomic E-state index is 13.0. The molecule has 1 aliphatic rings. The van der Waals surface area contributed by atoms with Gasteiger partial charge in [0.05, 0.1) is 12.6 Å². The van der Waals surface area contributed by atoms with Gasteiger partial charge in [-0.1, -0.05) is 12.1 Å². The Labute approximate surface area is 135 Å². The number of halogens is 1. The van der Waals surface area contributed by atoms with Crippen LogP contribution in [-0.4, -0.2) is 52.5 Å². The van der Waals surface area contributed by atoms with Crippen molar-refractivity contribution in [1.82, 2.24) is 9.80 Å². The number of hydrogen-bond acceptors (Lipinski definition) is 3. The predicted octanol–water partition coefficient (Wildman–Crippen LogP) is 2.28. The van der Waals surface area contributed by atoms with E-state index in [1.54, 1.807) is 21.9 Å². The summed E-state index contributed by atoms with van der Waals surface area (Å²) in [6, 6.07) is 5.35. The van der Waals surface area contributed by atoms with Gasteiger partial charge in [-0.15, -0.1) is 0 Å². The fourth-order valence-electron chi connectivity index (χ4n) is 3.15. The van der Waals surface area contributed by atoms with Gasteiger partial charge in [-0.3, -0.25) is 14.5 Å². The van der Waals surface area contributed by atoms with Crippen LogP contribution in [0.2, 0.25) is 0 Å². The number of amides is 1. The summed E-state index contributed by atoms with van der Waals surface area (Å²) in [5, 5.41) is 9.20. The molecule has 0 bridgehead atoms. The van der Waals surface area contributed by atoms with E-state index in [-0.39, 0.29) is 24.3 Å². The lowest BCUT2D eigenvalue weighted by molar-refractivity contribution is -0.143. The van der Waals surface area contributed by atoms with Crippen LogP contribution < -0.4 is 0 Å². The topological polar surface area (TPSA) is 60.9 Å². The van der Waals surface area contributed by atoms with Crippen molar-refractivity contribution >= 4 is 11.9 Å². The molecule has 1 aromatic rings. The Balaban J connectivity index is 2.06. The standard InChI is InChI=1S/C17H23FN2O3/c1-3-20(12(2)13-6-8-14(18)9-7-13)16(21)11-19-10-4-5-15(19)17(22)23/h6-9,12,15H,3-5,10-11H2,1-2H3,(H,22,23)/t12-,15-/m1/s1. The van der Waals surface area contributed by atoms with Crippen molar-refractivity contribution in [1.29, 1.82) is 0 Å². The highest BCUT2D eigenvalue weighted by Gasteiger charge is 2.33. The molecule has 0 unspecified atom stereocenters. The number of carbonyl (C=O) groups excluding carboxylic acids is 1. The second-order valence-electron chi connectivity index (χ2n) is 5.87. The van der Waals surface area contributed by atoms with E-state index in [2.05, 4.69) is 0 Å². The molecule has 1 heterocycles. The summed E-state index contributed by atoms with van der Waals surface area (Å²) in [4.78, 5) is 27.2. The zero-order chi connectivity index (χ0) is 17.0. The molecule has 126 valence electrons. The quantitative estimate of drug-likeness (QED) is 0.873. The third kappa shape index (κ3) is 4.07. The van der Waals surface area contributed by atoms with E-state index in [0.717, 1.165) is 12.0 Å². The van der Waals surface area contributed by atoms with Crippen LogP contribution in [0.1, 0.15) is 38.3 Å². The molecule has 0 spiro atoms. The van der Waals surface area contributed by atoms with Crippen LogP contribution in [0, 0.1) is 5.82 Å². The molecule has 0 aliphatic carbocycles. The van der Waals surface area contributed by atoms with E-state index >= 15 is 0 Å². The summed E-state index contributed by atoms with van der Waals surface area (Å²) in [6.07, 6.45) is 1.38. The van der Waals surface area contributed by atoms with Crippen LogP contribution in [0.15, 0.2) is 24.3 Å². The highest BCUT2D eigenvalue weighted by atomic mass is 19.1. The van der Waals surface area contributed by atoms with Crippen LogP contribution in [-0.2, 0) is 9.59 Å². The number of carbonyl (C=O) groups is 2. The second kappa shape index (κ2) is 7.55. The molecule has 5 nitrogen and oxygen atoms in total. The van der Waals surface area contributed by atoms with Crippen molar-refractivity contribution in [3.05, 3.63) is 35.6 Å². The number of likely N-dealkylation sites (tertiary alicyclic amines) is 1. The van der Waals surface area contributed by atoms with Crippen LogP contribution in [0.25, 0.3) is 0 Å². The third-order valence-electron chi connectivity index (χ3n) is 4.47. The molecule has 1 amide bonds. The lowest BCUT2D eigenvalue weighted by Gasteiger charge is -2.31. The maximum Gasteiger partial charge on any atom is 0.320 e. The van der Waals surface area contributed by atoms with Gasteiger partial charge in [0.1, 0.15) is 11.9 Å². The third-order valence-corrected chi connectivity index (χ3v) is 4.47. The molecule has 1 aliphatic heterocycles. The summed E-state index contributed by atoms with van der Waals surface area (Å²) >= 11 is 0. The number of carboxylic acids is 1. The van der Waals surface area contributed by atoms with Gasteiger partial charge in [0.15, 0.2) is 0 Å². The first-order chi connectivity index (χ1) is 10.9. The van der Waals surface area contributed by atoms with Crippen molar-refractivity contribution in [3.8, 4) is 0 Å². The molecule has 6 heteroatoms. The van der Waals surface area contributed by atoms with E-state index < -0.39 is 12.0 Å². The van der Waals surface area contributed by atoms with Gasteiger partial charge in [-0.25, -0.2) is 4.39 Å². The minimum Gasteiger partial charge on any atom is -0.480 e.